The first-order valence-corrected chi connectivity index (χ1v) is 8.07. The van der Waals surface area contributed by atoms with Crippen molar-refractivity contribution >= 4 is 17.6 Å². The van der Waals surface area contributed by atoms with Crippen LogP contribution in [-0.2, 0) is 9.59 Å². The predicted molar refractivity (Wildman–Crippen MR) is 90.6 cm³/mol. The van der Waals surface area contributed by atoms with Gasteiger partial charge in [-0.1, -0.05) is 12.1 Å². The molecule has 3 N–H and O–H groups in total. The molecular weight excluding hydrogens is 325 g/mol. The van der Waals surface area contributed by atoms with Gasteiger partial charge in [0, 0.05) is 12.6 Å². The van der Waals surface area contributed by atoms with Crippen molar-refractivity contribution in [1.82, 2.24) is 14.7 Å². The fourth-order valence-corrected chi connectivity index (χ4v) is 2.99. The first-order valence-electron chi connectivity index (χ1n) is 8.07. The van der Waals surface area contributed by atoms with Gasteiger partial charge in [0.05, 0.1) is 18.2 Å². The number of aromatic nitrogens is 2. The maximum Gasteiger partial charge on any atom is 0.239 e. The van der Waals surface area contributed by atoms with Gasteiger partial charge >= 0.3 is 0 Å². The molecule has 1 fully saturated rings. The lowest BCUT2D eigenvalue weighted by Gasteiger charge is -2.15. The van der Waals surface area contributed by atoms with E-state index in [9.17, 15) is 14.0 Å². The number of hydrogen-bond donors (Lipinski definition) is 2. The molecule has 3 rings (SSSR count). The Bertz CT molecular complexity index is 804. The number of likely N-dealkylation sites (tertiary alicyclic amines) is 1. The molecule has 1 aliphatic heterocycles. The molecule has 0 aliphatic carbocycles. The van der Waals surface area contributed by atoms with Crippen molar-refractivity contribution in [3.63, 3.8) is 0 Å². The minimum atomic E-state index is -0.426. The van der Waals surface area contributed by atoms with Crippen LogP contribution in [0.5, 0.6) is 0 Å². The van der Waals surface area contributed by atoms with E-state index in [-0.39, 0.29) is 30.0 Å². The summed E-state index contributed by atoms with van der Waals surface area (Å²) < 4.78 is 15.4. The number of nitrogens with one attached hydrogen (secondary N) is 1. The van der Waals surface area contributed by atoms with Crippen molar-refractivity contribution in [2.45, 2.75) is 13.3 Å². The van der Waals surface area contributed by atoms with E-state index in [0.717, 1.165) is 0 Å². The highest BCUT2D eigenvalue weighted by Gasteiger charge is 2.27. The summed E-state index contributed by atoms with van der Waals surface area (Å²) in [5, 5.41) is 7.01. The number of amides is 2. The second-order valence-electron chi connectivity index (χ2n) is 6.21. The molecule has 7 nitrogen and oxygen atoms in total. The molecule has 25 heavy (non-hydrogen) atoms. The van der Waals surface area contributed by atoms with Crippen LogP contribution in [0.2, 0.25) is 0 Å². The number of rotatable bonds is 5. The molecule has 1 aliphatic rings. The summed E-state index contributed by atoms with van der Waals surface area (Å²) in [4.78, 5) is 25.4. The number of carbonyl (C=O) groups is 2. The third-order valence-corrected chi connectivity index (χ3v) is 4.22. The van der Waals surface area contributed by atoms with Gasteiger partial charge in [-0.25, -0.2) is 9.07 Å². The SMILES string of the molecule is Cc1cc(NC(=O)CN2CCC(C(N)=O)C2)n(-c2ccccc2F)n1. The Kier molecular flexibility index (Phi) is 4.80. The summed E-state index contributed by atoms with van der Waals surface area (Å²) >= 11 is 0. The Balaban J connectivity index is 1.70. The summed E-state index contributed by atoms with van der Waals surface area (Å²) in [6.45, 7) is 3.04. The van der Waals surface area contributed by atoms with Crippen LogP contribution in [0.1, 0.15) is 12.1 Å². The van der Waals surface area contributed by atoms with Crippen molar-refractivity contribution < 1.29 is 14.0 Å². The number of nitrogens with zero attached hydrogens (tertiary/aromatic N) is 3. The fourth-order valence-electron chi connectivity index (χ4n) is 2.99. The lowest BCUT2D eigenvalue weighted by Crippen LogP contribution is -2.33. The number of aryl methyl sites for hydroxylation is 1. The van der Waals surface area contributed by atoms with Crippen LogP contribution < -0.4 is 11.1 Å². The average molecular weight is 345 g/mol. The van der Waals surface area contributed by atoms with Gasteiger partial charge in [-0.3, -0.25) is 14.5 Å². The highest BCUT2D eigenvalue weighted by Crippen LogP contribution is 2.20. The lowest BCUT2D eigenvalue weighted by atomic mass is 10.1. The van der Waals surface area contributed by atoms with E-state index in [1.165, 1.54) is 10.7 Å². The first kappa shape index (κ1) is 17.1. The Morgan fingerprint density at radius 3 is 2.84 bits per heavy atom. The minimum absolute atomic E-state index is 0.144. The van der Waals surface area contributed by atoms with Crippen molar-refractivity contribution in [3.05, 3.63) is 41.8 Å². The molecule has 8 heteroatoms. The van der Waals surface area contributed by atoms with Crippen LogP contribution in [0.25, 0.3) is 5.69 Å². The number of anilines is 1. The molecule has 0 radical (unpaired) electrons. The van der Waals surface area contributed by atoms with Gasteiger partial charge in [-0.15, -0.1) is 0 Å². The van der Waals surface area contributed by atoms with Gasteiger partial charge in [0.25, 0.3) is 0 Å². The largest absolute Gasteiger partial charge is 0.369 e. The van der Waals surface area contributed by atoms with E-state index in [4.69, 9.17) is 5.73 Å². The summed E-state index contributed by atoms with van der Waals surface area (Å²) in [5.74, 6) is -0.819. The van der Waals surface area contributed by atoms with Gasteiger partial charge in [-0.05, 0) is 32.0 Å². The van der Waals surface area contributed by atoms with Crippen LogP contribution in [0.15, 0.2) is 30.3 Å². The molecule has 1 saturated heterocycles. The lowest BCUT2D eigenvalue weighted by molar-refractivity contribution is -0.122. The van der Waals surface area contributed by atoms with Gasteiger partial charge in [0.2, 0.25) is 11.8 Å². The number of para-hydroxylation sites is 1. The molecule has 2 heterocycles. The van der Waals surface area contributed by atoms with E-state index in [2.05, 4.69) is 10.4 Å². The first-order chi connectivity index (χ1) is 11.9. The second-order valence-corrected chi connectivity index (χ2v) is 6.21. The normalized spacial score (nSPS) is 17.6. The standard InChI is InChI=1S/C17H20FN5O2/c1-11-8-15(23(21-11)14-5-3-2-4-13(14)18)20-16(24)10-22-7-6-12(9-22)17(19)25/h2-5,8,12H,6-7,9-10H2,1H3,(H2,19,25)(H,20,24). The van der Waals surface area contributed by atoms with Crippen molar-refractivity contribution in [1.29, 1.82) is 0 Å². The third kappa shape index (κ3) is 3.85. The zero-order chi connectivity index (χ0) is 18.0. The van der Waals surface area contributed by atoms with Gasteiger partial charge < -0.3 is 11.1 Å². The fraction of sp³-hybridized carbons (Fsp3) is 0.353. The summed E-state index contributed by atoms with van der Waals surface area (Å²) in [5.41, 5.74) is 6.23. The molecular formula is C17H20FN5O2. The predicted octanol–water partition coefficient (Wildman–Crippen LogP) is 1.07. The summed E-state index contributed by atoms with van der Waals surface area (Å²) in [7, 11) is 0. The van der Waals surface area contributed by atoms with E-state index in [1.807, 2.05) is 4.90 Å². The van der Waals surface area contributed by atoms with Crippen LogP contribution in [0.4, 0.5) is 10.2 Å². The molecule has 1 aromatic carbocycles. The van der Waals surface area contributed by atoms with E-state index in [0.29, 0.717) is 31.0 Å². The second kappa shape index (κ2) is 7.02. The van der Waals surface area contributed by atoms with Crippen LogP contribution in [-0.4, -0.2) is 46.1 Å². The van der Waals surface area contributed by atoms with Gasteiger partial charge in [0.1, 0.15) is 17.3 Å². The molecule has 2 aromatic rings. The number of primary amides is 1. The molecule has 0 spiro atoms. The zero-order valence-corrected chi connectivity index (χ0v) is 13.9. The van der Waals surface area contributed by atoms with E-state index < -0.39 is 5.82 Å². The topological polar surface area (TPSA) is 93.3 Å². The molecule has 1 unspecified atom stereocenters. The Morgan fingerprint density at radius 2 is 2.16 bits per heavy atom. The monoisotopic (exact) mass is 345 g/mol. The molecule has 1 atom stereocenters. The average Bonchev–Trinajstić information content (AvgIpc) is 3.15. The van der Waals surface area contributed by atoms with Gasteiger partial charge in [-0.2, -0.15) is 5.10 Å². The smallest absolute Gasteiger partial charge is 0.239 e. The Labute approximate surface area is 144 Å². The number of halogens is 1. The van der Waals surface area contributed by atoms with Crippen LogP contribution >= 0.6 is 0 Å². The number of nitrogens with two attached hydrogens (primary N) is 1. The van der Waals surface area contributed by atoms with Crippen molar-refractivity contribution in [3.8, 4) is 5.69 Å². The maximum atomic E-state index is 14.0. The van der Waals surface area contributed by atoms with Crippen LogP contribution in [0, 0.1) is 18.7 Å². The van der Waals surface area contributed by atoms with Crippen molar-refractivity contribution in [2.75, 3.05) is 25.0 Å². The number of benzene rings is 1. The Morgan fingerprint density at radius 1 is 1.40 bits per heavy atom. The minimum Gasteiger partial charge on any atom is -0.369 e. The summed E-state index contributed by atoms with van der Waals surface area (Å²) in [6.07, 6.45) is 0.662. The third-order valence-electron chi connectivity index (χ3n) is 4.22. The van der Waals surface area contributed by atoms with Crippen LogP contribution in [0.3, 0.4) is 0 Å². The highest BCUT2D eigenvalue weighted by molar-refractivity contribution is 5.92. The maximum absolute atomic E-state index is 14.0. The molecule has 0 bridgehead atoms. The van der Waals surface area contributed by atoms with E-state index in [1.54, 1.807) is 31.2 Å². The number of hydrogen-bond acceptors (Lipinski definition) is 4. The number of carbonyl (C=O) groups excluding carboxylic acids is 2. The molecule has 132 valence electrons. The molecule has 0 saturated carbocycles. The highest BCUT2D eigenvalue weighted by atomic mass is 19.1. The van der Waals surface area contributed by atoms with E-state index >= 15 is 0 Å². The quantitative estimate of drug-likeness (QED) is 0.847. The zero-order valence-electron chi connectivity index (χ0n) is 13.9. The summed E-state index contributed by atoms with van der Waals surface area (Å²) in [6, 6.07) is 7.91. The molecule has 2 amide bonds. The van der Waals surface area contributed by atoms with Gasteiger partial charge in [0.15, 0.2) is 0 Å². The van der Waals surface area contributed by atoms with Crippen molar-refractivity contribution in [2.24, 2.45) is 11.7 Å². The Hall–Kier alpha value is -2.74. The molecule has 1 aromatic heterocycles.